The third-order valence-electron chi connectivity index (χ3n) is 6.05. The van der Waals surface area contributed by atoms with E-state index in [2.05, 4.69) is 13.5 Å². The highest BCUT2D eigenvalue weighted by Gasteiger charge is 2.30. The van der Waals surface area contributed by atoms with Gasteiger partial charge in [-0.25, -0.2) is 17.9 Å². The third-order valence-corrected chi connectivity index (χ3v) is 7.96. The predicted octanol–water partition coefficient (Wildman–Crippen LogP) is 5.01. The number of hydrogen-bond donors (Lipinski definition) is 1. The number of sulfonamides is 1. The second-order valence-electron chi connectivity index (χ2n) is 8.91. The highest BCUT2D eigenvalue weighted by Crippen LogP contribution is 2.34. The molecule has 0 fully saturated rings. The van der Waals surface area contributed by atoms with Crippen molar-refractivity contribution in [1.29, 1.82) is 0 Å². The van der Waals surface area contributed by atoms with E-state index in [9.17, 15) is 18.0 Å². The van der Waals surface area contributed by atoms with Crippen molar-refractivity contribution in [2.45, 2.75) is 50.5 Å². The molecule has 1 heterocycles. The Morgan fingerprint density at radius 1 is 0.923 bits per heavy atom. The van der Waals surface area contributed by atoms with Gasteiger partial charge in [0.2, 0.25) is 6.10 Å². The van der Waals surface area contributed by atoms with Gasteiger partial charge in [0.15, 0.2) is 0 Å². The lowest BCUT2D eigenvalue weighted by molar-refractivity contribution is -0.126. The van der Waals surface area contributed by atoms with Crippen LogP contribution in [0.3, 0.4) is 0 Å². The zero-order valence-electron chi connectivity index (χ0n) is 21.8. The van der Waals surface area contributed by atoms with Crippen molar-refractivity contribution >= 4 is 44.7 Å². The maximum atomic E-state index is 13.6. The summed E-state index contributed by atoms with van der Waals surface area (Å²) in [5.74, 6) is -0.885. The molecule has 1 unspecified atom stereocenters. The number of carbonyl (C=O) groups is 2. The van der Waals surface area contributed by atoms with E-state index in [1.807, 2.05) is 13.8 Å². The Balaban J connectivity index is 1.81. The van der Waals surface area contributed by atoms with Crippen molar-refractivity contribution in [2.75, 3.05) is 7.11 Å². The van der Waals surface area contributed by atoms with Crippen molar-refractivity contribution < 1.29 is 27.5 Å². The molecule has 0 saturated carbocycles. The first-order valence-electron chi connectivity index (χ1n) is 12.5. The molecule has 0 aliphatic rings. The monoisotopic (exact) mass is 567 g/mol. The number of ether oxygens (including phenoxy) is 2. The summed E-state index contributed by atoms with van der Waals surface area (Å²) in [6.45, 7) is 3.99. The average molecular weight is 568 g/mol. The molecule has 0 aliphatic carbocycles. The van der Waals surface area contributed by atoms with E-state index in [1.165, 1.54) is 19.2 Å². The molecule has 1 atom stereocenters. The zero-order chi connectivity index (χ0) is 28.0. The largest absolute Gasteiger partial charge is 0.475 e. The summed E-state index contributed by atoms with van der Waals surface area (Å²) in [5, 5.41) is 0. The van der Waals surface area contributed by atoms with E-state index in [0.29, 0.717) is 40.8 Å². The fraction of sp³-hybridized carbons (Fsp3) is 0.286. The number of nitrogens with zero attached hydrogens (tertiary/aromatic N) is 2. The van der Waals surface area contributed by atoms with Gasteiger partial charge in [0.1, 0.15) is 16.8 Å². The Bertz CT molecular complexity index is 1560. The van der Waals surface area contributed by atoms with Crippen LogP contribution in [0.1, 0.15) is 59.8 Å². The summed E-state index contributed by atoms with van der Waals surface area (Å²) in [6.07, 6.45) is 1.32. The number of methoxy groups -OCH3 is 1. The highest BCUT2D eigenvalue weighted by molar-refractivity contribution is 7.90. The Morgan fingerprint density at radius 3 is 2.18 bits per heavy atom. The number of benzene rings is 3. The molecule has 0 aliphatic heterocycles. The van der Waals surface area contributed by atoms with Crippen molar-refractivity contribution in [3.05, 3.63) is 82.9 Å². The molecule has 4 aromatic rings. The lowest BCUT2D eigenvalue weighted by Crippen LogP contribution is -2.37. The van der Waals surface area contributed by atoms with Gasteiger partial charge in [-0.2, -0.15) is 8.75 Å². The van der Waals surface area contributed by atoms with E-state index in [-0.39, 0.29) is 4.90 Å². The molecule has 0 bridgehead atoms. The topological polar surface area (TPSA) is 125 Å². The third kappa shape index (κ3) is 6.43. The summed E-state index contributed by atoms with van der Waals surface area (Å²) < 4.78 is 48.1. The number of fused-ring (bicyclic) bond motifs is 1. The maximum Gasteiger partial charge on any atom is 0.337 e. The number of carbonyl (C=O) groups excluding carboxylic acids is 2. The summed E-state index contributed by atoms with van der Waals surface area (Å²) in [5.41, 5.74) is 3.47. The number of hydrogen-bond acceptors (Lipinski definition) is 9. The molecule has 3 aromatic carbocycles. The molecule has 1 aromatic heterocycles. The van der Waals surface area contributed by atoms with Gasteiger partial charge in [-0.1, -0.05) is 51.0 Å². The number of aryl methyl sites for hydroxylation is 2. The van der Waals surface area contributed by atoms with E-state index in [4.69, 9.17) is 9.47 Å². The first-order valence-corrected chi connectivity index (χ1v) is 14.7. The molecule has 11 heteroatoms. The van der Waals surface area contributed by atoms with Gasteiger partial charge in [-0.3, -0.25) is 4.79 Å². The van der Waals surface area contributed by atoms with Crippen LogP contribution in [0.4, 0.5) is 0 Å². The van der Waals surface area contributed by atoms with Crippen molar-refractivity contribution in [3.63, 3.8) is 0 Å². The second-order valence-corrected chi connectivity index (χ2v) is 11.1. The molecule has 1 amide bonds. The number of aromatic nitrogens is 2. The van der Waals surface area contributed by atoms with Crippen LogP contribution in [0.25, 0.3) is 11.0 Å². The SMILES string of the molecule is CCCc1cc(C(=O)OC)cc(CCC)c1OC(C(=O)NS(=O)(=O)c1ccccc1)c1ccc2nsnc2c1. The van der Waals surface area contributed by atoms with Crippen molar-refractivity contribution in [2.24, 2.45) is 0 Å². The summed E-state index contributed by atoms with van der Waals surface area (Å²) >= 11 is 1.04. The molecule has 0 saturated heterocycles. The molecular weight excluding hydrogens is 538 g/mol. The Labute approximate surface area is 231 Å². The van der Waals surface area contributed by atoms with Crippen LogP contribution in [0, 0.1) is 0 Å². The van der Waals surface area contributed by atoms with Crippen LogP contribution < -0.4 is 9.46 Å². The molecule has 204 valence electrons. The summed E-state index contributed by atoms with van der Waals surface area (Å²) in [6, 6.07) is 16.1. The van der Waals surface area contributed by atoms with Gasteiger partial charge in [0.05, 0.1) is 29.3 Å². The second kappa shape index (κ2) is 12.4. The lowest BCUT2D eigenvalue weighted by atomic mass is 9.97. The molecule has 39 heavy (non-hydrogen) atoms. The normalized spacial score (nSPS) is 12.2. The van der Waals surface area contributed by atoms with Crippen LogP contribution >= 0.6 is 11.7 Å². The number of amides is 1. The predicted molar refractivity (Wildman–Crippen MR) is 148 cm³/mol. The Hall–Kier alpha value is -3.83. The van der Waals surface area contributed by atoms with Crippen molar-refractivity contribution in [1.82, 2.24) is 13.5 Å². The minimum atomic E-state index is -4.17. The fourth-order valence-corrected chi connectivity index (χ4v) is 5.77. The van der Waals surface area contributed by atoms with Gasteiger partial charge in [-0.15, -0.1) is 0 Å². The van der Waals surface area contributed by atoms with E-state index in [0.717, 1.165) is 35.7 Å². The number of rotatable bonds is 11. The van der Waals surface area contributed by atoms with E-state index < -0.39 is 28.0 Å². The Morgan fingerprint density at radius 2 is 1.56 bits per heavy atom. The van der Waals surface area contributed by atoms with Crippen LogP contribution in [0.2, 0.25) is 0 Å². The average Bonchev–Trinajstić information content (AvgIpc) is 3.40. The molecule has 1 N–H and O–H groups in total. The molecular formula is C28H29N3O6S2. The van der Waals surface area contributed by atoms with Crippen LogP contribution in [0.15, 0.2) is 65.6 Å². The fourth-order valence-electron chi connectivity index (χ4n) is 4.25. The molecule has 4 rings (SSSR count). The standard InChI is InChI=1S/C28H29N3O6S2/c1-4-9-18-15-21(28(33)36-3)16-19(10-5-2)25(18)37-26(20-13-14-23-24(17-20)30-38-29-23)27(32)31-39(34,35)22-11-7-6-8-12-22/h6-8,11-17,26H,4-5,9-10H2,1-3H3,(H,31,32). The quantitative estimate of drug-likeness (QED) is 0.251. The van der Waals surface area contributed by atoms with Crippen LogP contribution in [-0.4, -0.2) is 36.2 Å². The maximum absolute atomic E-state index is 13.6. The van der Waals surface area contributed by atoms with Crippen LogP contribution in [-0.2, 0) is 32.4 Å². The first kappa shape index (κ1) is 28.2. The summed E-state index contributed by atoms with van der Waals surface area (Å²) in [7, 11) is -2.84. The van der Waals surface area contributed by atoms with Crippen LogP contribution in [0.5, 0.6) is 5.75 Å². The first-order chi connectivity index (χ1) is 18.8. The zero-order valence-corrected chi connectivity index (χ0v) is 23.5. The van der Waals surface area contributed by atoms with Gasteiger partial charge in [-0.05, 0) is 60.4 Å². The Kier molecular flexibility index (Phi) is 8.93. The van der Waals surface area contributed by atoms with Crippen molar-refractivity contribution in [3.8, 4) is 5.75 Å². The van der Waals surface area contributed by atoms with Gasteiger partial charge in [0, 0.05) is 5.56 Å². The lowest BCUT2D eigenvalue weighted by Gasteiger charge is -2.24. The number of nitrogens with one attached hydrogen (secondary N) is 1. The van der Waals surface area contributed by atoms with Gasteiger partial charge >= 0.3 is 5.97 Å². The van der Waals surface area contributed by atoms with E-state index >= 15 is 0 Å². The highest BCUT2D eigenvalue weighted by atomic mass is 32.2. The van der Waals surface area contributed by atoms with Gasteiger partial charge < -0.3 is 9.47 Å². The minimum absolute atomic E-state index is 0.0444. The molecule has 0 radical (unpaired) electrons. The molecule has 0 spiro atoms. The van der Waals surface area contributed by atoms with Gasteiger partial charge in [0.25, 0.3) is 15.9 Å². The minimum Gasteiger partial charge on any atom is -0.475 e. The number of esters is 1. The smallest absolute Gasteiger partial charge is 0.337 e. The summed E-state index contributed by atoms with van der Waals surface area (Å²) in [4.78, 5) is 26.0. The molecule has 9 nitrogen and oxygen atoms in total. The van der Waals surface area contributed by atoms with E-state index in [1.54, 1.807) is 48.5 Å².